The van der Waals surface area contributed by atoms with Gasteiger partial charge in [0, 0.05) is 23.7 Å². The fraction of sp³-hybridized carbons (Fsp3) is 0.486. The molecule has 3 aromatic rings. The minimum absolute atomic E-state index is 0.0277. The van der Waals surface area contributed by atoms with Crippen LogP contribution >= 0.6 is 0 Å². The van der Waals surface area contributed by atoms with E-state index in [-0.39, 0.29) is 21.8 Å². The van der Waals surface area contributed by atoms with E-state index in [2.05, 4.69) is 28.6 Å². The van der Waals surface area contributed by atoms with Crippen molar-refractivity contribution in [2.24, 2.45) is 21.4 Å². The summed E-state index contributed by atoms with van der Waals surface area (Å²) >= 11 is 0. The van der Waals surface area contributed by atoms with Crippen LogP contribution in [0.15, 0.2) is 65.9 Å². The SMILES string of the molecule is COC(=O)c1cccc2ccc(C3=CC=CC(C(=O)O)N3c3cnn(CC45CC6(C)CC(C)(C4)CC(OCCN=[N+]=[N-])(C6)C5)c3C)cc12. The topological polar surface area (TPSA) is 143 Å². The van der Waals surface area contributed by atoms with Crippen LogP contribution < -0.4 is 4.90 Å². The average Bonchev–Trinajstić information content (AvgIpc) is 3.38. The van der Waals surface area contributed by atoms with Crippen molar-refractivity contribution < 1.29 is 24.2 Å². The highest BCUT2D eigenvalue weighted by molar-refractivity contribution is 6.06. The number of esters is 1. The van der Waals surface area contributed by atoms with E-state index >= 15 is 0 Å². The van der Waals surface area contributed by atoms with Gasteiger partial charge in [0.05, 0.1) is 42.5 Å². The monoisotopic (exact) mass is 650 g/mol. The molecule has 0 amide bonds. The number of allylic oxidation sites excluding steroid dienone is 2. The Kier molecular flexibility index (Phi) is 7.68. The second-order valence-electron chi connectivity index (χ2n) is 15.3. The maximum absolute atomic E-state index is 12.7. The molecule has 4 aliphatic carbocycles. The molecular weight excluding hydrogens is 608 g/mol. The molecule has 4 fully saturated rings. The van der Waals surface area contributed by atoms with Gasteiger partial charge >= 0.3 is 11.9 Å². The van der Waals surface area contributed by atoms with Gasteiger partial charge in [-0.1, -0.05) is 55.4 Å². The molecule has 8 rings (SSSR count). The Morgan fingerprint density at radius 3 is 2.58 bits per heavy atom. The van der Waals surface area contributed by atoms with Crippen molar-refractivity contribution in [2.75, 3.05) is 25.2 Å². The Balaban J connectivity index is 1.24. The quantitative estimate of drug-likeness (QED) is 0.0789. The normalized spacial score (nSPS) is 30.3. The van der Waals surface area contributed by atoms with E-state index in [4.69, 9.17) is 20.1 Å². The molecule has 4 bridgehead atoms. The maximum Gasteiger partial charge on any atom is 0.338 e. The number of anilines is 1. The van der Waals surface area contributed by atoms with E-state index in [1.807, 2.05) is 48.2 Å². The number of nitrogens with zero attached hydrogens (tertiary/aromatic N) is 6. The standard InChI is InChI=1S/C37H42N6O5/c1-24-31(16-40-42(24)23-36-18-34(2)17-35(3,19-36)21-37(20-34,22-36)48-14-13-39-41-38)43-29(9-6-10-30(43)32(44)45)26-12-11-25-7-5-8-27(28(25)15-26)33(46)47-4/h5-12,15-16,30H,13-14,17-23H2,1-4H3,(H,44,45). The van der Waals surface area contributed by atoms with Crippen molar-refractivity contribution >= 4 is 34.1 Å². The first kappa shape index (κ1) is 32.0. The zero-order valence-electron chi connectivity index (χ0n) is 28.0. The minimum Gasteiger partial charge on any atom is -0.479 e. The summed E-state index contributed by atoms with van der Waals surface area (Å²) in [5.74, 6) is -1.40. The number of ether oxygens (including phenoxy) is 2. The number of methoxy groups -OCH3 is 1. The maximum atomic E-state index is 12.7. The van der Waals surface area contributed by atoms with Gasteiger partial charge in [0.15, 0.2) is 6.04 Å². The summed E-state index contributed by atoms with van der Waals surface area (Å²) in [5.41, 5.74) is 12.3. The molecule has 1 N–H and O–H groups in total. The summed E-state index contributed by atoms with van der Waals surface area (Å²) in [6.07, 6.45) is 13.4. The van der Waals surface area contributed by atoms with Crippen LogP contribution in [0.2, 0.25) is 0 Å². The number of carboxylic acids is 1. The number of hydrogen-bond donors (Lipinski definition) is 1. The van der Waals surface area contributed by atoms with Crippen molar-refractivity contribution in [2.45, 2.75) is 77.5 Å². The fourth-order valence-electron chi connectivity index (χ4n) is 10.6. The molecule has 48 heavy (non-hydrogen) atoms. The summed E-state index contributed by atoms with van der Waals surface area (Å²) in [6, 6.07) is 10.4. The molecule has 0 radical (unpaired) electrons. The number of hydrogen-bond acceptors (Lipinski definition) is 7. The smallest absolute Gasteiger partial charge is 0.338 e. The number of benzene rings is 2. The van der Waals surface area contributed by atoms with Gasteiger partial charge in [-0.3, -0.25) is 4.68 Å². The van der Waals surface area contributed by atoms with Gasteiger partial charge in [-0.05, 0) is 102 Å². The average molecular weight is 651 g/mol. The lowest BCUT2D eigenvalue weighted by Crippen LogP contribution is -2.64. The zero-order chi connectivity index (χ0) is 33.9. The van der Waals surface area contributed by atoms with Crippen molar-refractivity contribution in [3.63, 3.8) is 0 Å². The molecule has 11 nitrogen and oxygen atoms in total. The molecule has 11 heteroatoms. The minimum atomic E-state index is -0.971. The predicted molar refractivity (Wildman–Crippen MR) is 182 cm³/mol. The highest BCUT2D eigenvalue weighted by Gasteiger charge is 2.66. The van der Waals surface area contributed by atoms with Crippen LogP contribution in [0.1, 0.15) is 74.0 Å². The van der Waals surface area contributed by atoms with Crippen molar-refractivity contribution in [1.29, 1.82) is 0 Å². The van der Waals surface area contributed by atoms with Crippen LogP contribution in [-0.4, -0.2) is 58.7 Å². The molecule has 4 saturated carbocycles. The Morgan fingerprint density at radius 2 is 1.88 bits per heavy atom. The fourth-order valence-corrected chi connectivity index (χ4v) is 10.6. The molecule has 5 aliphatic rings. The van der Waals surface area contributed by atoms with Gasteiger partial charge in [-0.2, -0.15) is 5.10 Å². The number of rotatable bonds is 10. The van der Waals surface area contributed by atoms with Gasteiger partial charge in [0.1, 0.15) is 0 Å². The zero-order valence-corrected chi connectivity index (χ0v) is 28.0. The molecule has 3 unspecified atom stereocenters. The second-order valence-corrected chi connectivity index (χ2v) is 15.3. The number of aromatic nitrogens is 2. The van der Waals surface area contributed by atoms with Gasteiger partial charge in [-0.15, -0.1) is 0 Å². The highest BCUT2D eigenvalue weighted by atomic mass is 16.5. The summed E-state index contributed by atoms with van der Waals surface area (Å²) in [5, 5.41) is 20.6. The van der Waals surface area contributed by atoms with Gasteiger partial charge in [0.25, 0.3) is 0 Å². The van der Waals surface area contributed by atoms with Gasteiger partial charge in [-0.25, -0.2) is 9.59 Å². The van der Waals surface area contributed by atoms with Crippen LogP contribution in [0.3, 0.4) is 0 Å². The first-order chi connectivity index (χ1) is 22.9. The summed E-state index contributed by atoms with van der Waals surface area (Å²) < 4.78 is 13.7. The predicted octanol–water partition coefficient (Wildman–Crippen LogP) is 7.45. The number of carbonyl (C=O) groups is 2. The number of carbonyl (C=O) groups excluding carboxylic acids is 1. The summed E-state index contributed by atoms with van der Waals surface area (Å²) in [6.45, 7) is 8.27. The summed E-state index contributed by atoms with van der Waals surface area (Å²) in [4.78, 5) is 30.1. The number of aliphatic carboxylic acids is 1. The number of carboxylic acid groups (broad SMARTS) is 1. The first-order valence-electron chi connectivity index (χ1n) is 16.6. The third-order valence-corrected chi connectivity index (χ3v) is 11.1. The molecule has 3 atom stereocenters. The van der Waals surface area contributed by atoms with Gasteiger partial charge < -0.3 is 19.5 Å². The molecule has 2 aromatic carbocycles. The third kappa shape index (κ3) is 5.44. The summed E-state index contributed by atoms with van der Waals surface area (Å²) in [7, 11) is 1.36. The molecular formula is C37H42N6O5. The molecule has 0 saturated heterocycles. The number of fused-ring (bicyclic) bond motifs is 1. The van der Waals surface area contributed by atoms with Gasteiger partial charge in [0.2, 0.25) is 0 Å². The van der Waals surface area contributed by atoms with Crippen molar-refractivity contribution in [1.82, 2.24) is 9.78 Å². The van der Waals surface area contributed by atoms with E-state index in [1.54, 1.807) is 24.4 Å². The van der Waals surface area contributed by atoms with Crippen LogP contribution in [0.25, 0.3) is 26.9 Å². The highest BCUT2D eigenvalue weighted by Crippen LogP contribution is 2.72. The lowest BCUT2D eigenvalue weighted by molar-refractivity contribution is -0.247. The van der Waals surface area contributed by atoms with Crippen LogP contribution in [0.5, 0.6) is 0 Å². The van der Waals surface area contributed by atoms with Crippen molar-refractivity contribution in [3.8, 4) is 0 Å². The Labute approximate surface area is 279 Å². The molecule has 250 valence electrons. The molecule has 0 spiro atoms. The largest absolute Gasteiger partial charge is 0.479 e. The lowest BCUT2D eigenvalue weighted by Gasteiger charge is -2.69. The van der Waals surface area contributed by atoms with Crippen LogP contribution in [0.4, 0.5) is 5.69 Å². The van der Waals surface area contributed by atoms with E-state index < -0.39 is 18.0 Å². The Morgan fingerprint density at radius 1 is 1.10 bits per heavy atom. The third-order valence-electron chi connectivity index (χ3n) is 11.1. The second kappa shape index (κ2) is 11.5. The lowest BCUT2D eigenvalue weighted by atomic mass is 9.39. The first-order valence-corrected chi connectivity index (χ1v) is 16.6. The van der Waals surface area contributed by atoms with E-state index in [0.29, 0.717) is 31.0 Å². The van der Waals surface area contributed by atoms with E-state index in [9.17, 15) is 14.7 Å². The molecule has 1 aliphatic heterocycles. The van der Waals surface area contributed by atoms with Crippen LogP contribution in [0, 0.1) is 23.2 Å². The number of azide groups is 1. The Bertz CT molecular complexity index is 1900. The van der Waals surface area contributed by atoms with Crippen LogP contribution in [-0.2, 0) is 20.8 Å². The van der Waals surface area contributed by atoms with E-state index in [0.717, 1.165) is 59.8 Å². The molecule has 1 aromatic heterocycles. The van der Waals surface area contributed by atoms with Crippen molar-refractivity contribution in [3.05, 3.63) is 88.1 Å². The molecule has 2 heterocycles. The Hall–Kier alpha value is -4.60. The van der Waals surface area contributed by atoms with E-state index in [1.165, 1.54) is 13.5 Å².